The summed E-state index contributed by atoms with van der Waals surface area (Å²) < 4.78 is 8.09. The van der Waals surface area contributed by atoms with Gasteiger partial charge in [0.2, 0.25) is 0 Å². The van der Waals surface area contributed by atoms with Crippen molar-refractivity contribution in [2.24, 2.45) is 0 Å². The predicted octanol–water partition coefficient (Wildman–Crippen LogP) is 2.58. The molecule has 2 aromatic heterocycles. The van der Waals surface area contributed by atoms with Gasteiger partial charge in [-0.3, -0.25) is 9.48 Å². The molecule has 2 saturated heterocycles. The van der Waals surface area contributed by atoms with Gasteiger partial charge in [0.25, 0.3) is 5.91 Å². The number of ether oxygens (including phenoxy) is 1. The Balaban J connectivity index is 1.39. The highest BCUT2D eigenvalue weighted by Crippen LogP contribution is 2.30. The number of aromatic nitrogens is 3. The number of carbonyl (C=O) groups is 1. The number of rotatable bonds is 6. The molecule has 0 saturated carbocycles. The van der Waals surface area contributed by atoms with Gasteiger partial charge in [0.15, 0.2) is 11.6 Å². The van der Waals surface area contributed by atoms with Crippen LogP contribution in [0.3, 0.4) is 0 Å². The van der Waals surface area contributed by atoms with Crippen molar-refractivity contribution in [3.8, 4) is 5.75 Å². The molecule has 27 heavy (non-hydrogen) atoms. The van der Waals surface area contributed by atoms with E-state index in [4.69, 9.17) is 4.74 Å². The Morgan fingerprint density at radius 1 is 1.30 bits per heavy atom. The van der Waals surface area contributed by atoms with E-state index in [1.165, 1.54) is 12.8 Å². The van der Waals surface area contributed by atoms with E-state index < -0.39 is 0 Å². The Kier molecular flexibility index (Phi) is 5.27. The first-order valence-corrected chi connectivity index (χ1v) is 9.93. The number of anilines is 1. The summed E-state index contributed by atoms with van der Waals surface area (Å²) >= 11 is 0. The molecular formula is C20H27N5O2. The lowest BCUT2D eigenvalue weighted by Gasteiger charge is -2.22. The molecule has 4 rings (SSSR count). The van der Waals surface area contributed by atoms with Crippen LogP contribution in [0.5, 0.6) is 5.75 Å². The predicted molar refractivity (Wildman–Crippen MR) is 103 cm³/mol. The Morgan fingerprint density at radius 3 is 2.96 bits per heavy atom. The van der Waals surface area contributed by atoms with E-state index in [1.54, 1.807) is 6.20 Å². The van der Waals surface area contributed by atoms with Gasteiger partial charge in [0, 0.05) is 45.0 Å². The average Bonchev–Trinajstić information content (AvgIpc) is 3.44. The highest BCUT2D eigenvalue weighted by Gasteiger charge is 2.30. The van der Waals surface area contributed by atoms with Crippen molar-refractivity contribution in [2.75, 3.05) is 31.1 Å². The summed E-state index contributed by atoms with van der Waals surface area (Å²) in [5.74, 6) is 1.80. The lowest BCUT2D eigenvalue weighted by molar-refractivity contribution is 0.0772. The molecule has 7 heteroatoms. The summed E-state index contributed by atoms with van der Waals surface area (Å²) in [4.78, 5) is 21.4. The summed E-state index contributed by atoms with van der Waals surface area (Å²) in [5, 5.41) is 4.27. The first kappa shape index (κ1) is 17.8. The van der Waals surface area contributed by atoms with Crippen LogP contribution in [-0.4, -0.2) is 57.9 Å². The first-order chi connectivity index (χ1) is 13.2. The Labute approximate surface area is 159 Å². The largest absolute Gasteiger partial charge is 0.485 e. The van der Waals surface area contributed by atoms with Crippen molar-refractivity contribution in [2.45, 2.75) is 45.3 Å². The van der Waals surface area contributed by atoms with E-state index in [0.717, 1.165) is 44.0 Å². The molecule has 0 bridgehead atoms. The molecule has 0 aromatic carbocycles. The summed E-state index contributed by atoms with van der Waals surface area (Å²) in [6, 6.07) is 3.90. The molecule has 2 aromatic rings. The third kappa shape index (κ3) is 3.91. The maximum atomic E-state index is 12.7. The third-order valence-electron chi connectivity index (χ3n) is 5.22. The van der Waals surface area contributed by atoms with E-state index in [-0.39, 0.29) is 12.0 Å². The lowest BCUT2D eigenvalue weighted by atomic mass is 10.3. The average molecular weight is 369 g/mol. The van der Waals surface area contributed by atoms with E-state index in [9.17, 15) is 4.79 Å². The monoisotopic (exact) mass is 369 g/mol. The third-order valence-corrected chi connectivity index (χ3v) is 5.22. The second-order valence-electron chi connectivity index (χ2n) is 7.29. The molecule has 0 radical (unpaired) electrons. The summed E-state index contributed by atoms with van der Waals surface area (Å²) in [6.45, 7) is 6.31. The molecule has 1 unspecified atom stereocenters. The van der Waals surface area contributed by atoms with Gasteiger partial charge in [-0.1, -0.05) is 6.92 Å². The van der Waals surface area contributed by atoms with Crippen molar-refractivity contribution >= 4 is 11.7 Å². The fourth-order valence-electron chi connectivity index (χ4n) is 3.84. The second-order valence-corrected chi connectivity index (χ2v) is 7.29. The summed E-state index contributed by atoms with van der Waals surface area (Å²) in [5.41, 5.74) is 0.656. The highest BCUT2D eigenvalue weighted by atomic mass is 16.5. The zero-order chi connectivity index (χ0) is 18.6. The van der Waals surface area contributed by atoms with Crippen LogP contribution in [0.15, 0.2) is 30.7 Å². The van der Waals surface area contributed by atoms with Crippen LogP contribution in [-0.2, 0) is 6.54 Å². The van der Waals surface area contributed by atoms with Crippen molar-refractivity contribution in [3.05, 3.63) is 36.3 Å². The SMILES string of the molecule is CCCn1cc(C(=O)N2CCC(Oc3cccnc3N3CCCC3)C2)cn1. The number of likely N-dealkylation sites (tertiary alicyclic amines) is 1. The maximum absolute atomic E-state index is 12.7. The normalized spacial score (nSPS) is 19.7. The van der Waals surface area contributed by atoms with Crippen molar-refractivity contribution in [1.82, 2.24) is 19.7 Å². The lowest BCUT2D eigenvalue weighted by Crippen LogP contribution is -2.31. The van der Waals surface area contributed by atoms with Crippen LogP contribution < -0.4 is 9.64 Å². The zero-order valence-corrected chi connectivity index (χ0v) is 15.9. The number of hydrogen-bond acceptors (Lipinski definition) is 5. The number of aryl methyl sites for hydroxylation is 1. The smallest absolute Gasteiger partial charge is 0.257 e. The molecule has 2 fully saturated rings. The number of hydrogen-bond donors (Lipinski definition) is 0. The highest BCUT2D eigenvalue weighted by molar-refractivity contribution is 5.93. The molecular weight excluding hydrogens is 342 g/mol. The van der Waals surface area contributed by atoms with Crippen LogP contribution in [0, 0.1) is 0 Å². The topological polar surface area (TPSA) is 63.5 Å². The van der Waals surface area contributed by atoms with Gasteiger partial charge < -0.3 is 14.5 Å². The molecule has 1 atom stereocenters. The van der Waals surface area contributed by atoms with Gasteiger partial charge in [-0.15, -0.1) is 0 Å². The molecule has 144 valence electrons. The fourth-order valence-corrected chi connectivity index (χ4v) is 3.84. The van der Waals surface area contributed by atoms with Gasteiger partial charge in [0.05, 0.1) is 18.3 Å². The molecule has 4 heterocycles. The molecule has 0 N–H and O–H groups in total. The molecule has 0 spiro atoms. The molecule has 7 nitrogen and oxygen atoms in total. The van der Waals surface area contributed by atoms with Crippen LogP contribution in [0.4, 0.5) is 5.82 Å². The number of carbonyl (C=O) groups excluding carboxylic acids is 1. The van der Waals surface area contributed by atoms with Crippen molar-refractivity contribution in [1.29, 1.82) is 0 Å². The minimum atomic E-state index is 0.00481. The number of amides is 1. The minimum absolute atomic E-state index is 0.00481. The molecule has 2 aliphatic rings. The van der Waals surface area contributed by atoms with Gasteiger partial charge >= 0.3 is 0 Å². The molecule has 2 aliphatic heterocycles. The Morgan fingerprint density at radius 2 is 2.15 bits per heavy atom. The van der Waals surface area contributed by atoms with Crippen LogP contribution in [0.1, 0.15) is 43.0 Å². The van der Waals surface area contributed by atoms with Crippen LogP contribution >= 0.6 is 0 Å². The van der Waals surface area contributed by atoms with Gasteiger partial charge in [-0.2, -0.15) is 5.10 Å². The summed E-state index contributed by atoms with van der Waals surface area (Å²) in [6.07, 6.45) is 9.57. The minimum Gasteiger partial charge on any atom is -0.485 e. The van der Waals surface area contributed by atoms with Crippen LogP contribution in [0.2, 0.25) is 0 Å². The van der Waals surface area contributed by atoms with E-state index in [1.807, 2.05) is 34.1 Å². The fraction of sp³-hybridized carbons (Fsp3) is 0.550. The zero-order valence-electron chi connectivity index (χ0n) is 15.9. The number of pyridine rings is 1. The summed E-state index contributed by atoms with van der Waals surface area (Å²) in [7, 11) is 0. The maximum Gasteiger partial charge on any atom is 0.257 e. The van der Waals surface area contributed by atoms with Crippen molar-refractivity contribution in [3.63, 3.8) is 0 Å². The quantitative estimate of drug-likeness (QED) is 0.783. The van der Waals surface area contributed by atoms with E-state index >= 15 is 0 Å². The molecule has 0 aliphatic carbocycles. The Bertz CT molecular complexity index is 784. The molecule has 1 amide bonds. The van der Waals surface area contributed by atoms with E-state index in [0.29, 0.717) is 18.7 Å². The Hall–Kier alpha value is -2.57. The second kappa shape index (κ2) is 7.98. The van der Waals surface area contributed by atoms with E-state index in [2.05, 4.69) is 21.9 Å². The standard InChI is InChI=1S/C20H27N5O2/c1-2-9-25-14-16(13-22-25)20(26)24-12-7-17(15-24)27-18-6-5-8-21-19(18)23-10-3-4-11-23/h5-6,8,13-14,17H,2-4,7,9-12,15H2,1H3. The first-order valence-electron chi connectivity index (χ1n) is 9.93. The van der Waals surface area contributed by atoms with Crippen LogP contribution in [0.25, 0.3) is 0 Å². The van der Waals surface area contributed by atoms with Crippen molar-refractivity contribution < 1.29 is 9.53 Å². The van der Waals surface area contributed by atoms with Gasteiger partial charge in [0.1, 0.15) is 6.10 Å². The van der Waals surface area contributed by atoms with Gasteiger partial charge in [-0.05, 0) is 31.4 Å². The van der Waals surface area contributed by atoms with Gasteiger partial charge in [-0.25, -0.2) is 4.98 Å². The number of nitrogens with zero attached hydrogens (tertiary/aromatic N) is 5.